The highest BCUT2D eigenvalue weighted by atomic mass is 32.2. The SMILES string of the molecule is CS(=O)(=O)c1cc(C(=O)N2CCN(S(=O)(=O)c3ccc(F)c(F)c3)CC2)cc([N+](=O)[O-])c1. The normalized spacial score (nSPS) is 15.5. The standard InChI is InChI=1S/C18H17F2N3O7S2/c1-31(27,28)15-9-12(8-13(10-15)23(25)26)18(24)21-4-6-22(7-5-21)32(29,30)14-2-3-16(19)17(20)11-14/h2-3,8-11H,4-7H2,1H3. The number of sulfone groups is 1. The molecule has 32 heavy (non-hydrogen) atoms. The molecule has 0 N–H and O–H groups in total. The fourth-order valence-electron chi connectivity index (χ4n) is 3.13. The predicted octanol–water partition coefficient (Wildman–Crippen LogP) is 1.42. The van der Waals surface area contributed by atoms with Gasteiger partial charge in [0.15, 0.2) is 21.5 Å². The van der Waals surface area contributed by atoms with Gasteiger partial charge < -0.3 is 4.90 Å². The lowest BCUT2D eigenvalue weighted by Crippen LogP contribution is -2.50. The molecule has 0 aromatic heterocycles. The average molecular weight is 489 g/mol. The third-order valence-corrected chi connectivity index (χ3v) is 7.82. The van der Waals surface area contributed by atoms with Gasteiger partial charge in [-0.15, -0.1) is 0 Å². The van der Waals surface area contributed by atoms with Gasteiger partial charge in [0, 0.05) is 50.1 Å². The highest BCUT2D eigenvalue weighted by Gasteiger charge is 2.32. The number of non-ortho nitro benzene ring substituents is 1. The summed E-state index contributed by atoms with van der Waals surface area (Å²) in [5, 5.41) is 11.1. The van der Waals surface area contributed by atoms with E-state index in [2.05, 4.69) is 0 Å². The molecule has 14 heteroatoms. The first-order chi connectivity index (χ1) is 14.8. The van der Waals surface area contributed by atoms with E-state index in [9.17, 15) is 40.5 Å². The van der Waals surface area contributed by atoms with Crippen molar-refractivity contribution in [1.29, 1.82) is 0 Å². The van der Waals surface area contributed by atoms with Crippen LogP contribution < -0.4 is 0 Å². The average Bonchev–Trinajstić information content (AvgIpc) is 2.74. The van der Waals surface area contributed by atoms with E-state index < -0.39 is 57.8 Å². The summed E-state index contributed by atoms with van der Waals surface area (Å²) >= 11 is 0. The molecule has 0 radical (unpaired) electrons. The fraction of sp³-hybridized carbons (Fsp3) is 0.278. The Morgan fingerprint density at radius 3 is 2.09 bits per heavy atom. The first kappa shape index (κ1) is 23.7. The maximum absolute atomic E-state index is 13.4. The van der Waals surface area contributed by atoms with Crippen LogP contribution in [0.4, 0.5) is 14.5 Å². The molecule has 1 aliphatic rings. The molecule has 2 aromatic carbocycles. The number of benzene rings is 2. The van der Waals surface area contributed by atoms with Gasteiger partial charge in [0.2, 0.25) is 10.0 Å². The van der Waals surface area contributed by atoms with Gasteiger partial charge in [0.25, 0.3) is 11.6 Å². The number of hydrogen-bond acceptors (Lipinski definition) is 7. The molecule has 1 fully saturated rings. The molecular weight excluding hydrogens is 472 g/mol. The van der Waals surface area contributed by atoms with Gasteiger partial charge in [-0.1, -0.05) is 0 Å². The van der Waals surface area contributed by atoms with Crippen molar-refractivity contribution in [3.05, 3.63) is 63.7 Å². The van der Waals surface area contributed by atoms with Crippen molar-refractivity contribution < 1.29 is 35.3 Å². The van der Waals surface area contributed by atoms with Crippen molar-refractivity contribution in [2.75, 3.05) is 32.4 Å². The van der Waals surface area contributed by atoms with Crippen LogP contribution in [0.5, 0.6) is 0 Å². The van der Waals surface area contributed by atoms with Crippen LogP contribution in [0.3, 0.4) is 0 Å². The summed E-state index contributed by atoms with van der Waals surface area (Å²) in [5.41, 5.74) is -0.799. The first-order valence-corrected chi connectivity index (χ1v) is 12.4. The predicted molar refractivity (Wildman–Crippen MR) is 107 cm³/mol. The molecule has 0 unspecified atom stereocenters. The molecule has 1 heterocycles. The zero-order valence-electron chi connectivity index (χ0n) is 16.6. The summed E-state index contributed by atoms with van der Waals surface area (Å²) in [6, 6.07) is 5.01. The molecule has 0 aliphatic carbocycles. The third-order valence-electron chi connectivity index (χ3n) is 4.83. The van der Waals surface area contributed by atoms with Crippen LogP contribution in [0.1, 0.15) is 10.4 Å². The lowest BCUT2D eigenvalue weighted by molar-refractivity contribution is -0.385. The smallest absolute Gasteiger partial charge is 0.271 e. The Kier molecular flexibility index (Phi) is 6.31. The molecule has 10 nitrogen and oxygen atoms in total. The minimum Gasteiger partial charge on any atom is -0.336 e. The lowest BCUT2D eigenvalue weighted by atomic mass is 10.1. The van der Waals surface area contributed by atoms with E-state index in [0.29, 0.717) is 12.1 Å². The van der Waals surface area contributed by atoms with Crippen LogP contribution in [-0.4, -0.2) is 69.3 Å². The number of carbonyl (C=O) groups is 1. The van der Waals surface area contributed by atoms with Crippen LogP contribution in [0, 0.1) is 21.7 Å². The Bertz CT molecular complexity index is 1310. The highest BCUT2D eigenvalue weighted by Crippen LogP contribution is 2.24. The Balaban J connectivity index is 1.80. The van der Waals surface area contributed by atoms with E-state index >= 15 is 0 Å². The van der Waals surface area contributed by atoms with Crippen molar-refractivity contribution in [3.8, 4) is 0 Å². The third kappa shape index (κ3) is 4.76. The molecule has 1 aliphatic heterocycles. The summed E-state index contributed by atoms with van der Waals surface area (Å²) in [6.45, 7) is -0.529. The number of hydrogen-bond donors (Lipinski definition) is 0. The summed E-state index contributed by atoms with van der Waals surface area (Å²) in [7, 11) is -7.97. The van der Waals surface area contributed by atoms with Gasteiger partial charge in [0.05, 0.1) is 14.7 Å². The quantitative estimate of drug-likeness (QED) is 0.458. The molecule has 1 saturated heterocycles. The van der Waals surface area contributed by atoms with Gasteiger partial charge in [-0.2, -0.15) is 4.31 Å². The first-order valence-electron chi connectivity index (χ1n) is 9.05. The second kappa shape index (κ2) is 8.52. The largest absolute Gasteiger partial charge is 0.336 e. The number of nitro benzene ring substituents is 1. The van der Waals surface area contributed by atoms with Gasteiger partial charge in [-0.3, -0.25) is 14.9 Å². The fourth-order valence-corrected chi connectivity index (χ4v) is 5.24. The number of sulfonamides is 1. The Hall–Kier alpha value is -2.97. The number of nitrogens with zero attached hydrogens (tertiary/aromatic N) is 3. The molecule has 0 bridgehead atoms. The summed E-state index contributed by atoms with van der Waals surface area (Å²) < 4.78 is 76.5. The zero-order valence-corrected chi connectivity index (χ0v) is 18.2. The summed E-state index contributed by atoms with van der Waals surface area (Å²) in [5.74, 6) is -3.21. The molecule has 3 rings (SSSR count). The van der Waals surface area contributed by atoms with Crippen LogP contribution in [0.25, 0.3) is 0 Å². The molecule has 0 saturated carbocycles. The second-order valence-electron chi connectivity index (χ2n) is 7.02. The molecule has 0 atom stereocenters. The number of rotatable bonds is 5. The second-order valence-corrected chi connectivity index (χ2v) is 11.0. The van der Waals surface area contributed by atoms with E-state index in [1.54, 1.807) is 0 Å². The Morgan fingerprint density at radius 1 is 0.938 bits per heavy atom. The summed E-state index contributed by atoms with van der Waals surface area (Å²) in [6.07, 6.45) is 0.849. The van der Waals surface area contributed by atoms with E-state index in [1.807, 2.05) is 0 Å². The van der Waals surface area contributed by atoms with Gasteiger partial charge in [-0.05, 0) is 24.3 Å². The molecule has 0 spiro atoms. The van der Waals surface area contributed by atoms with Crippen molar-refractivity contribution in [2.45, 2.75) is 9.79 Å². The van der Waals surface area contributed by atoms with E-state index in [0.717, 1.165) is 34.8 Å². The minimum absolute atomic E-state index is 0.0986. The lowest BCUT2D eigenvalue weighted by Gasteiger charge is -2.34. The number of piperazine rings is 1. The number of amides is 1. The number of halogens is 2. The van der Waals surface area contributed by atoms with E-state index in [4.69, 9.17) is 0 Å². The van der Waals surface area contributed by atoms with Crippen molar-refractivity contribution in [3.63, 3.8) is 0 Å². The van der Waals surface area contributed by atoms with Gasteiger partial charge in [0.1, 0.15) is 0 Å². The van der Waals surface area contributed by atoms with E-state index in [1.165, 1.54) is 4.90 Å². The molecule has 1 amide bonds. The van der Waals surface area contributed by atoms with Gasteiger partial charge >= 0.3 is 0 Å². The molecular formula is C18H17F2N3O7S2. The van der Waals surface area contributed by atoms with Crippen LogP contribution in [0.2, 0.25) is 0 Å². The molecule has 172 valence electrons. The number of carbonyl (C=O) groups excluding carboxylic acids is 1. The van der Waals surface area contributed by atoms with Crippen molar-refractivity contribution >= 4 is 31.5 Å². The summed E-state index contributed by atoms with van der Waals surface area (Å²) in [4.78, 5) is 23.5. The van der Waals surface area contributed by atoms with Crippen molar-refractivity contribution in [2.24, 2.45) is 0 Å². The van der Waals surface area contributed by atoms with Crippen LogP contribution >= 0.6 is 0 Å². The van der Waals surface area contributed by atoms with Crippen LogP contribution in [0.15, 0.2) is 46.2 Å². The Morgan fingerprint density at radius 2 is 1.56 bits per heavy atom. The van der Waals surface area contributed by atoms with Crippen molar-refractivity contribution in [1.82, 2.24) is 9.21 Å². The Labute approximate surface area is 182 Å². The monoisotopic (exact) mass is 489 g/mol. The van der Waals surface area contributed by atoms with Gasteiger partial charge in [-0.25, -0.2) is 25.6 Å². The van der Waals surface area contributed by atoms with E-state index in [-0.39, 0.29) is 31.7 Å². The number of nitro groups is 1. The topological polar surface area (TPSA) is 135 Å². The minimum atomic E-state index is -4.14. The highest BCUT2D eigenvalue weighted by molar-refractivity contribution is 7.90. The zero-order chi connectivity index (χ0) is 23.8. The molecule has 2 aromatic rings. The van der Waals surface area contributed by atoms with Crippen LogP contribution in [-0.2, 0) is 19.9 Å². The maximum Gasteiger partial charge on any atom is 0.271 e. The maximum atomic E-state index is 13.4.